The minimum Gasteiger partial charge on any atom is -0.330 e. The third-order valence-electron chi connectivity index (χ3n) is 3.87. The van der Waals surface area contributed by atoms with Crippen LogP contribution in [0.15, 0.2) is 18.2 Å². The van der Waals surface area contributed by atoms with Crippen LogP contribution in [0.4, 0.5) is 0 Å². The van der Waals surface area contributed by atoms with Crippen molar-refractivity contribution < 1.29 is 0 Å². The molecule has 2 aromatic rings. The fourth-order valence-electron chi connectivity index (χ4n) is 2.97. The molecule has 3 rings (SSSR count). The van der Waals surface area contributed by atoms with Crippen LogP contribution in [0.25, 0.3) is 11.0 Å². The molecule has 0 bridgehead atoms. The fourth-order valence-corrected chi connectivity index (χ4v) is 3.27. The predicted molar refractivity (Wildman–Crippen MR) is 75.2 cm³/mol. The quantitative estimate of drug-likeness (QED) is 0.857. The van der Waals surface area contributed by atoms with Crippen LogP contribution < -0.4 is 5.32 Å². The van der Waals surface area contributed by atoms with E-state index in [2.05, 4.69) is 23.9 Å². The van der Waals surface area contributed by atoms with Gasteiger partial charge in [0.1, 0.15) is 5.82 Å². The first-order chi connectivity index (χ1) is 8.66. The molecule has 2 heterocycles. The lowest BCUT2D eigenvalue weighted by Crippen LogP contribution is -2.35. The summed E-state index contributed by atoms with van der Waals surface area (Å²) in [6, 6.07) is 6.50. The van der Waals surface area contributed by atoms with Crippen LogP contribution >= 0.6 is 11.6 Å². The highest BCUT2D eigenvalue weighted by Gasteiger charge is 2.24. The number of aryl methyl sites for hydroxylation is 1. The van der Waals surface area contributed by atoms with Crippen molar-refractivity contribution in [3.05, 3.63) is 29.0 Å². The number of imidazole rings is 1. The Labute approximate surface area is 112 Å². The molecule has 2 atom stereocenters. The highest BCUT2D eigenvalue weighted by atomic mass is 35.5. The van der Waals surface area contributed by atoms with Gasteiger partial charge in [0.05, 0.1) is 16.1 Å². The van der Waals surface area contributed by atoms with E-state index in [4.69, 9.17) is 16.6 Å². The van der Waals surface area contributed by atoms with Gasteiger partial charge in [-0.1, -0.05) is 17.7 Å². The molecular weight excluding hydrogens is 246 g/mol. The Hall–Kier alpha value is -1.06. The zero-order valence-electron chi connectivity index (χ0n) is 10.8. The SMILES string of the molecule is CC1CC(c2nc3cccc(Cl)c3n2C)CCN1. The number of nitrogens with zero attached hydrogens (tertiary/aromatic N) is 2. The molecule has 4 heteroatoms. The topological polar surface area (TPSA) is 29.9 Å². The summed E-state index contributed by atoms with van der Waals surface area (Å²) in [5.41, 5.74) is 2.06. The van der Waals surface area contributed by atoms with E-state index in [0.29, 0.717) is 12.0 Å². The normalized spacial score (nSPS) is 24.6. The maximum absolute atomic E-state index is 6.27. The zero-order chi connectivity index (χ0) is 12.7. The lowest BCUT2D eigenvalue weighted by Gasteiger charge is -2.27. The predicted octanol–water partition coefficient (Wildman–Crippen LogP) is 3.08. The molecule has 18 heavy (non-hydrogen) atoms. The summed E-state index contributed by atoms with van der Waals surface area (Å²) in [5.74, 6) is 1.71. The number of hydrogen-bond donors (Lipinski definition) is 1. The standard InChI is InChI=1S/C14H18ClN3/c1-9-8-10(6-7-16-9)14-17-12-5-3-4-11(15)13(12)18(14)2/h3-5,9-10,16H,6-8H2,1-2H3. The van der Waals surface area contributed by atoms with Gasteiger partial charge in [-0.25, -0.2) is 4.98 Å². The van der Waals surface area contributed by atoms with Gasteiger partial charge >= 0.3 is 0 Å². The van der Waals surface area contributed by atoms with Gasteiger partial charge in [0.15, 0.2) is 0 Å². The summed E-state index contributed by atoms with van der Waals surface area (Å²) < 4.78 is 2.17. The van der Waals surface area contributed by atoms with Gasteiger partial charge in [0.25, 0.3) is 0 Å². The second kappa shape index (κ2) is 4.56. The molecule has 3 nitrogen and oxygen atoms in total. The monoisotopic (exact) mass is 263 g/mol. The molecule has 0 radical (unpaired) electrons. The lowest BCUT2D eigenvalue weighted by molar-refractivity contribution is 0.367. The second-order valence-electron chi connectivity index (χ2n) is 5.21. The van der Waals surface area contributed by atoms with E-state index in [1.165, 1.54) is 5.82 Å². The molecule has 1 fully saturated rings. The molecule has 1 aromatic carbocycles. The van der Waals surface area contributed by atoms with Gasteiger partial charge < -0.3 is 9.88 Å². The zero-order valence-corrected chi connectivity index (χ0v) is 11.5. The molecule has 0 saturated carbocycles. The molecule has 1 aromatic heterocycles. The number of piperidine rings is 1. The van der Waals surface area contributed by atoms with Crippen molar-refractivity contribution in [3.8, 4) is 0 Å². The van der Waals surface area contributed by atoms with Crippen molar-refractivity contribution in [3.63, 3.8) is 0 Å². The van der Waals surface area contributed by atoms with Crippen molar-refractivity contribution in [1.29, 1.82) is 0 Å². The largest absolute Gasteiger partial charge is 0.330 e. The Bertz CT molecular complexity index is 576. The summed E-state index contributed by atoms with van der Waals surface area (Å²) in [5, 5.41) is 4.27. The average molecular weight is 264 g/mol. The van der Waals surface area contributed by atoms with Gasteiger partial charge in [-0.15, -0.1) is 0 Å². The molecule has 1 N–H and O–H groups in total. The molecule has 1 saturated heterocycles. The fraction of sp³-hybridized carbons (Fsp3) is 0.500. The van der Waals surface area contributed by atoms with Gasteiger partial charge in [-0.2, -0.15) is 0 Å². The van der Waals surface area contributed by atoms with E-state index >= 15 is 0 Å². The third kappa shape index (κ3) is 1.91. The lowest BCUT2D eigenvalue weighted by atomic mass is 9.92. The number of fused-ring (bicyclic) bond motifs is 1. The third-order valence-corrected chi connectivity index (χ3v) is 4.17. The van der Waals surface area contributed by atoms with E-state index in [-0.39, 0.29) is 0 Å². The van der Waals surface area contributed by atoms with E-state index < -0.39 is 0 Å². The molecule has 1 aliphatic rings. The number of nitrogens with one attached hydrogen (secondary N) is 1. The Morgan fingerprint density at radius 2 is 2.28 bits per heavy atom. The molecule has 96 valence electrons. The minimum absolute atomic E-state index is 0.537. The molecule has 0 aliphatic carbocycles. The van der Waals surface area contributed by atoms with E-state index in [0.717, 1.165) is 35.4 Å². The Kier molecular flexibility index (Phi) is 3.04. The van der Waals surface area contributed by atoms with Gasteiger partial charge in [-0.05, 0) is 38.4 Å². The number of rotatable bonds is 1. The van der Waals surface area contributed by atoms with Gasteiger partial charge in [-0.3, -0.25) is 0 Å². The molecular formula is C14H18ClN3. The summed E-state index contributed by atoms with van der Waals surface area (Å²) in [4.78, 5) is 4.78. The van der Waals surface area contributed by atoms with Crippen molar-refractivity contribution >= 4 is 22.6 Å². The van der Waals surface area contributed by atoms with Crippen molar-refractivity contribution in [2.45, 2.75) is 31.7 Å². The molecule has 0 amide bonds. The number of benzene rings is 1. The summed E-state index contributed by atoms with van der Waals surface area (Å²) in [6.45, 7) is 3.31. The van der Waals surface area contributed by atoms with Crippen LogP contribution in [0.5, 0.6) is 0 Å². The van der Waals surface area contributed by atoms with E-state index in [9.17, 15) is 0 Å². The van der Waals surface area contributed by atoms with Crippen molar-refractivity contribution in [2.24, 2.45) is 7.05 Å². The Morgan fingerprint density at radius 1 is 1.44 bits per heavy atom. The van der Waals surface area contributed by atoms with Crippen LogP contribution in [0.1, 0.15) is 31.5 Å². The van der Waals surface area contributed by atoms with Crippen LogP contribution in [0.2, 0.25) is 5.02 Å². The van der Waals surface area contributed by atoms with Gasteiger partial charge in [0, 0.05) is 19.0 Å². The van der Waals surface area contributed by atoms with Crippen LogP contribution in [0, 0.1) is 0 Å². The van der Waals surface area contributed by atoms with Gasteiger partial charge in [0.2, 0.25) is 0 Å². The Balaban J connectivity index is 2.07. The molecule has 0 spiro atoms. The Morgan fingerprint density at radius 3 is 3.00 bits per heavy atom. The number of hydrogen-bond acceptors (Lipinski definition) is 2. The second-order valence-corrected chi connectivity index (χ2v) is 5.62. The summed E-state index contributed by atoms with van der Waals surface area (Å²) in [6.07, 6.45) is 2.30. The van der Waals surface area contributed by atoms with Crippen molar-refractivity contribution in [2.75, 3.05) is 6.54 Å². The number of halogens is 1. The maximum Gasteiger partial charge on any atom is 0.112 e. The summed E-state index contributed by atoms with van der Waals surface area (Å²) >= 11 is 6.27. The van der Waals surface area contributed by atoms with Crippen LogP contribution in [0.3, 0.4) is 0 Å². The first-order valence-electron chi connectivity index (χ1n) is 6.51. The first-order valence-corrected chi connectivity index (χ1v) is 6.89. The highest BCUT2D eigenvalue weighted by molar-refractivity contribution is 6.35. The maximum atomic E-state index is 6.27. The minimum atomic E-state index is 0.537. The van der Waals surface area contributed by atoms with Crippen LogP contribution in [-0.2, 0) is 7.05 Å². The number of aromatic nitrogens is 2. The number of para-hydroxylation sites is 1. The summed E-state index contributed by atoms with van der Waals surface area (Å²) in [7, 11) is 2.07. The average Bonchev–Trinajstić information content (AvgIpc) is 2.68. The highest BCUT2D eigenvalue weighted by Crippen LogP contribution is 2.31. The smallest absolute Gasteiger partial charge is 0.112 e. The van der Waals surface area contributed by atoms with Crippen LogP contribution in [-0.4, -0.2) is 22.1 Å². The molecule has 2 unspecified atom stereocenters. The van der Waals surface area contributed by atoms with E-state index in [1.807, 2.05) is 18.2 Å². The van der Waals surface area contributed by atoms with Crippen molar-refractivity contribution in [1.82, 2.24) is 14.9 Å². The first kappa shape index (κ1) is 12.0. The van der Waals surface area contributed by atoms with E-state index in [1.54, 1.807) is 0 Å². The molecule has 1 aliphatic heterocycles.